The van der Waals surface area contributed by atoms with Crippen LogP contribution in [0.25, 0.3) is 0 Å². The van der Waals surface area contributed by atoms with E-state index in [1.165, 1.54) is 16.8 Å². The van der Waals surface area contributed by atoms with E-state index in [1.807, 2.05) is 6.92 Å². The first-order valence-electron chi connectivity index (χ1n) is 6.39. The first-order valence-corrected chi connectivity index (χ1v) is 6.39. The molecule has 0 saturated heterocycles. The lowest BCUT2D eigenvalue weighted by Crippen LogP contribution is -2.41. The minimum atomic E-state index is -1.19. The van der Waals surface area contributed by atoms with Gasteiger partial charge in [0.1, 0.15) is 11.7 Å². The molecule has 0 radical (unpaired) electrons. The second kappa shape index (κ2) is 7.22. The molecule has 8 nitrogen and oxygen atoms in total. The van der Waals surface area contributed by atoms with Crippen molar-refractivity contribution in [2.24, 2.45) is 0 Å². The fourth-order valence-electron chi connectivity index (χ4n) is 1.83. The topological polar surface area (TPSA) is 114 Å². The number of aryl methyl sites for hydroxylation is 1. The van der Waals surface area contributed by atoms with Gasteiger partial charge in [0.25, 0.3) is 11.6 Å². The average Bonchev–Trinajstić information content (AvgIpc) is 2.82. The van der Waals surface area contributed by atoms with Gasteiger partial charge in [0.05, 0.1) is 11.1 Å². The maximum Gasteiger partial charge on any atom is 0.326 e. The lowest BCUT2D eigenvalue weighted by atomic mass is 10.2. The molecule has 1 amide bonds. The Hall–Kier alpha value is -2.64. The number of rotatable bonds is 8. The highest BCUT2D eigenvalue weighted by atomic mass is 16.6. The molecule has 0 bridgehead atoms. The van der Waals surface area contributed by atoms with E-state index in [1.54, 1.807) is 0 Å². The number of nitro groups is 1. The van der Waals surface area contributed by atoms with E-state index in [2.05, 4.69) is 11.9 Å². The van der Waals surface area contributed by atoms with Gasteiger partial charge in [0.2, 0.25) is 0 Å². The molecule has 1 atom stereocenters. The minimum absolute atomic E-state index is 0.0671. The minimum Gasteiger partial charge on any atom is -0.480 e. The Morgan fingerprint density at radius 3 is 2.76 bits per heavy atom. The van der Waals surface area contributed by atoms with E-state index in [-0.39, 0.29) is 17.8 Å². The normalized spacial score (nSPS) is 11.7. The number of aromatic nitrogens is 1. The molecule has 1 rings (SSSR count). The molecule has 1 aromatic rings. The summed E-state index contributed by atoms with van der Waals surface area (Å²) in [6, 6.07) is 0.0247. The first kappa shape index (κ1) is 16.4. The van der Waals surface area contributed by atoms with E-state index in [9.17, 15) is 19.7 Å². The van der Waals surface area contributed by atoms with Gasteiger partial charge in [-0.25, -0.2) is 4.79 Å². The van der Waals surface area contributed by atoms with Crippen molar-refractivity contribution >= 4 is 17.6 Å². The van der Waals surface area contributed by atoms with Gasteiger partial charge < -0.3 is 15.0 Å². The van der Waals surface area contributed by atoms with Crippen LogP contribution in [0.3, 0.4) is 0 Å². The number of amides is 1. The molecule has 0 saturated carbocycles. The second-order valence-corrected chi connectivity index (χ2v) is 4.42. The number of carboxylic acid groups (broad SMARTS) is 1. The van der Waals surface area contributed by atoms with Gasteiger partial charge in [-0.3, -0.25) is 14.9 Å². The molecular weight excluding hydrogens is 278 g/mol. The van der Waals surface area contributed by atoms with Crippen LogP contribution in [0.2, 0.25) is 0 Å². The van der Waals surface area contributed by atoms with E-state index >= 15 is 0 Å². The highest BCUT2D eigenvalue weighted by Crippen LogP contribution is 2.17. The number of nitrogens with one attached hydrogen (secondary N) is 1. The van der Waals surface area contributed by atoms with Crippen LogP contribution in [0.1, 0.15) is 30.3 Å². The Balaban J connectivity index is 3.01. The predicted molar refractivity (Wildman–Crippen MR) is 75.1 cm³/mol. The van der Waals surface area contributed by atoms with Gasteiger partial charge in [-0.05, 0) is 12.8 Å². The van der Waals surface area contributed by atoms with Crippen LogP contribution in [0, 0.1) is 10.1 Å². The largest absolute Gasteiger partial charge is 0.480 e. The molecule has 21 heavy (non-hydrogen) atoms. The fourth-order valence-corrected chi connectivity index (χ4v) is 1.83. The summed E-state index contributed by atoms with van der Waals surface area (Å²) >= 11 is 0. The highest BCUT2D eigenvalue weighted by molar-refractivity contribution is 5.96. The predicted octanol–water partition coefficient (Wildman–Crippen LogP) is 1.57. The van der Waals surface area contributed by atoms with Crippen LogP contribution < -0.4 is 5.32 Å². The molecule has 114 valence electrons. The molecule has 0 spiro atoms. The van der Waals surface area contributed by atoms with Crippen molar-refractivity contribution in [3.8, 4) is 0 Å². The molecule has 2 N–H and O–H groups in total. The van der Waals surface area contributed by atoms with Crippen LogP contribution in [-0.2, 0) is 11.3 Å². The average molecular weight is 295 g/mol. The molecule has 8 heteroatoms. The van der Waals surface area contributed by atoms with Crippen molar-refractivity contribution in [3.63, 3.8) is 0 Å². The van der Waals surface area contributed by atoms with Gasteiger partial charge in [0, 0.05) is 12.6 Å². The van der Waals surface area contributed by atoms with Crippen molar-refractivity contribution in [1.82, 2.24) is 9.88 Å². The van der Waals surface area contributed by atoms with Crippen molar-refractivity contribution < 1.29 is 19.6 Å². The zero-order chi connectivity index (χ0) is 16.0. The summed E-state index contributed by atoms with van der Waals surface area (Å²) in [6.07, 6.45) is 3.40. The van der Waals surface area contributed by atoms with Gasteiger partial charge in [-0.15, -0.1) is 6.58 Å². The lowest BCUT2D eigenvalue weighted by molar-refractivity contribution is -0.384. The quantitative estimate of drug-likeness (QED) is 0.429. The summed E-state index contributed by atoms with van der Waals surface area (Å²) in [5, 5.41) is 22.1. The Bertz CT molecular complexity index is 564. The number of hydrogen-bond donors (Lipinski definition) is 2. The van der Waals surface area contributed by atoms with Crippen molar-refractivity contribution in [2.75, 3.05) is 0 Å². The Kier molecular flexibility index (Phi) is 5.65. The summed E-state index contributed by atoms with van der Waals surface area (Å²) in [7, 11) is 0. The number of carbonyl (C=O) groups is 2. The third-order valence-electron chi connectivity index (χ3n) is 2.80. The smallest absolute Gasteiger partial charge is 0.326 e. The lowest BCUT2D eigenvalue weighted by Gasteiger charge is -2.13. The number of nitrogens with zero attached hydrogens (tertiary/aromatic N) is 2. The molecule has 1 heterocycles. The highest BCUT2D eigenvalue weighted by Gasteiger charge is 2.23. The Morgan fingerprint density at radius 2 is 2.29 bits per heavy atom. The molecule has 1 unspecified atom stereocenters. The zero-order valence-electron chi connectivity index (χ0n) is 11.6. The first-order chi connectivity index (χ1) is 9.90. The summed E-state index contributed by atoms with van der Waals surface area (Å²) in [6.45, 7) is 5.72. The van der Waals surface area contributed by atoms with Crippen LogP contribution in [-0.4, -0.2) is 32.5 Å². The molecule has 0 aromatic carbocycles. The number of carbonyl (C=O) groups excluding carboxylic acids is 1. The Labute approximate surface area is 121 Å². The molecule has 0 aliphatic rings. The van der Waals surface area contributed by atoms with E-state index in [4.69, 9.17) is 5.11 Å². The SMILES string of the molecule is C=CCC(NC(=O)c1cc([N+](=O)[O-])cn1CCC)C(=O)O. The molecule has 0 aliphatic carbocycles. The Morgan fingerprint density at radius 1 is 1.62 bits per heavy atom. The summed E-state index contributed by atoms with van der Waals surface area (Å²) < 4.78 is 1.44. The third-order valence-corrected chi connectivity index (χ3v) is 2.80. The molecule has 0 aliphatic heterocycles. The van der Waals surface area contributed by atoms with E-state index < -0.39 is 22.8 Å². The van der Waals surface area contributed by atoms with Crippen LogP contribution in [0.5, 0.6) is 0 Å². The maximum absolute atomic E-state index is 12.1. The molecule has 0 fully saturated rings. The number of aliphatic carboxylic acids is 1. The number of hydrogen-bond acceptors (Lipinski definition) is 4. The summed E-state index contributed by atoms with van der Waals surface area (Å²) in [5.41, 5.74) is -0.136. The van der Waals surface area contributed by atoms with E-state index in [0.717, 1.165) is 6.07 Å². The molecular formula is C13H17N3O5. The van der Waals surface area contributed by atoms with Gasteiger partial charge in [-0.2, -0.15) is 0 Å². The second-order valence-electron chi connectivity index (χ2n) is 4.42. The van der Waals surface area contributed by atoms with Gasteiger partial charge in [0.15, 0.2) is 0 Å². The third kappa shape index (κ3) is 4.16. The maximum atomic E-state index is 12.1. The zero-order valence-corrected chi connectivity index (χ0v) is 11.6. The standard InChI is InChI=1S/C13H17N3O5/c1-3-5-10(13(18)19)14-12(17)11-7-9(16(20)21)8-15(11)6-4-2/h3,7-8,10H,1,4-6H2,2H3,(H,14,17)(H,18,19). The molecule has 1 aromatic heterocycles. The van der Waals surface area contributed by atoms with Gasteiger partial charge >= 0.3 is 5.97 Å². The van der Waals surface area contributed by atoms with E-state index in [0.29, 0.717) is 13.0 Å². The summed E-state index contributed by atoms with van der Waals surface area (Å²) in [4.78, 5) is 33.3. The fraction of sp³-hybridized carbons (Fsp3) is 0.385. The summed E-state index contributed by atoms with van der Waals surface area (Å²) in [5.74, 6) is -1.85. The van der Waals surface area contributed by atoms with Crippen LogP contribution in [0.4, 0.5) is 5.69 Å². The van der Waals surface area contributed by atoms with Crippen molar-refractivity contribution in [2.45, 2.75) is 32.4 Å². The number of carboxylic acids is 1. The monoisotopic (exact) mass is 295 g/mol. The van der Waals surface area contributed by atoms with Crippen molar-refractivity contribution in [3.05, 3.63) is 40.7 Å². The van der Waals surface area contributed by atoms with Crippen LogP contribution >= 0.6 is 0 Å². The van der Waals surface area contributed by atoms with Gasteiger partial charge in [-0.1, -0.05) is 13.0 Å². The van der Waals surface area contributed by atoms with Crippen LogP contribution in [0.15, 0.2) is 24.9 Å². The van der Waals surface area contributed by atoms with Crippen molar-refractivity contribution in [1.29, 1.82) is 0 Å².